The van der Waals surface area contributed by atoms with E-state index in [9.17, 15) is 9.65 Å². The maximum Gasteiger partial charge on any atom is 0.134 e. The lowest BCUT2D eigenvalue weighted by atomic mass is 9.96. The molecule has 2 atom stereocenters. The van der Waals surface area contributed by atoms with Crippen molar-refractivity contribution in [1.82, 2.24) is 19.7 Å². The number of nitrogens with zero attached hydrogens (tertiary/aromatic N) is 6. The average molecular weight is 469 g/mol. The Labute approximate surface area is 196 Å². The van der Waals surface area contributed by atoms with E-state index in [1.807, 2.05) is 12.4 Å². The molecule has 2 aliphatic rings. The second kappa shape index (κ2) is 10.2. The summed E-state index contributed by atoms with van der Waals surface area (Å²) in [4.78, 5) is 13.5. The molecule has 0 bridgehead atoms. The van der Waals surface area contributed by atoms with Crippen LogP contribution in [0.5, 0.6) is 0 Å². The lowest BCUT2D eigenvalue weighted by molar-refractivity contribution is 0.145. The number of fused-ring (bicyclic) bond motifs is 1. The summed E-state index contributed by atoms with van der Waals surface area (Å²) in [6, 6.07) is 3.37. The molecule has 0 amide bonds. The largest absolute Gasteiger partial charge is 0.381 e. The molecule has 1 aliphatic carbocycles. The second-order valence-corrected chi connectivity index (χ2v) is 15.9. The van der Waals surface area contributed by atoms with Gasteiger partial charge in [-0.05, 0) is 24.8 Å². The molecule has 1 aliphatic heterocycles. The number of nitriles is 1. The fourth-order valence-electron chi connectivity index (χ4n) is 4.74. The summed E-state index contributed by atoms with van der Waals surface area (Å²) < 4.78 is 21.7. The van der Waals surface area contributed by atoms with Crippen LogP contribution in [0.3, 0.4) is 0 Å². The topological polar surface area (TPSA) is 89.0 Å². The minimum atomic E-state index is -1.14. The van der Waals surface area contributed by atoms with Gasteiger partial charge in [-0.3, -0.25) is 9.67 Å². The van der Waals surface area contributed by atoms with Gasteiger partial charge in [0.1, 0.15) is 30.1 Å². The minimum absolute atomic E-state index is 0.0305. The van der Waals surface area contributed by atoms with Crippen LogP contribution in [0.15, 0.2) is 17.5 Å². The molecule has 2 unspecified atom stereocenters. The van der Waals surface area contributed by atoms with Gasteiger partial charge in [-0.15, -0.1) is 0 Å². The van der Waals surface area contributed by atoms with Gasteiger partial charge in [0.25, 0.3) is 0 Å². The molecule has 0 N–H and O–H groups in total. The van der Waals surface area contributed by atoms with Gasteiger partial charge in [0.05, 0.1) is 36.8 Å². The molecule has 176 valence electrons. The van der Waals surface area contributed by atoms with Crippen molar-refractivity contribution in [3.63, 3.8) is 0 Å². The van der Waals surface area contributed by atoms with E-state index in [-0.39, 0.29) is 12.0 Å². The van der Waals surface area contributed by atoms with Gasteiger partial charge in [0.15, 0.2) is 0 Å². The molecule has 2 aromatic heterocycles. The highest BCUT2D eigenvalue weighted by atomic mass is 28.3. The second-order valence-electron chi connectivity index (χ2n) is 10.3. The van der Waals surface area contributed by atoms with Crippen LogP contribution >= 0.6 is 0 Å². The van der Waals surface area contributed by atoms with Crippen molar-refractivity contribution < 1.29 is 9.13 Å². The van der Waals surface area contributed by atoms with Gasteiger partial charge in [-0.2, -0.15) is 10.4 Å². The summed E-state index contributed by atoms with van der Waals surface area (Å²) in [7, 11) is -1.14. The van der Waals surface area contributed by atoms with Crippen molar-refractivity contribution >= 4 is 20.0 Å². The number of rotatable bonds is 10. The zero-order chi connectivity index (χ0) is 23.4. The van der Waals surface area contributed by atoms with E-state index in [1.54, 1.807) is 4.68 Å². The standard InChI is InChI=1S/C24H33FN6OSi/c1-33(2,3)11-10-32-15-18-13-27-24-22(18)28-16-29-23(24)19-14-31(30-20(19)12-25)21(8-9-26)17-6-4-5-7-17/h13-14,16-18,21H,4-8,10-12,15H2,1-3H3. The first-order chi connectivity index (χ1) is 15.9. The van der Waals surface area contributed by atoms with Gasteiger partial charge >= 0.3 is 0 Å². The Morgan fingerprint density at radius 2 is 2.06 bits per heavy atom. The summed E-state index contributed by atoms with van der Waals surface area (Å²) >= 11 is 0. The Morgan fingerprint density at radius 1 is 1.27 bits per heavy atom. The van der Waals surface area contributed by atoms with Crippen LogP contribution in [0.4, 0.5) is 10.1 Å². The summed E-state index contributed by atoms with van der Waals surface area (Å²) in [5.41, 5.74) is 3.05. The highest BCUT2D eigenvalue weighted by Crippen LogP contribution is 2.41. The smallest absolute Gasteiger partial charge is 0.134 e. The molecule has 4 rings (SSSR count). The zero-order valence-electron chi connectivity index (χ0n) is 19.8. The van der Waals surface area contributed by atoms with Crippen molar-refractivity contribution in [2.75, 3.05) is 13.2 Å². The number of aromatic nitrogens is 4. The van der Waals surface area contributed by atoms with Crippen LogP contribution in [0.2, 0.25) is 25.7 Å². The molecule has 1 fully saturated rings. The first kappa shape index (κ1) is 23.7. The van der Waals surface area contributed by atoms with E-state index in [0.717, 1.165) is 31.2 Å². The van der Waals surface area contributed by atoms with Crippen molar-refractivity contribution in [3.8, 4) is 17.3 Å². The van der Waals surface area contributed by atoms with E-state index in [1.165, 1.54) is 19.2 Å². The third-order valence-electron chi connectivity index (χ3n) is 6.65. The summed E-state index contributed by atoms with van der Waals surface area (Å²) in [6.45, 7) is 7.57. The summed E-state index contributed by atoms with van der Waals surface area (Å²) in [6.07, 6.45) is 10.1. The molecule has 0 aromatic carbocycles. The number of hydrogen-bond donors (Lipinski definition) is 0. The van der Waals surface area contributed by atoms with Gasteiger partial charge in [-0.25, -0.2) is 14.4 Å². The molecule has 7 nitrogen and oxygen atoms in total. The summed E-state index contributed by atoms with van der Waals surface area (Å²) in [5, 5.41) is 13.9. The Balaban J connectivity index is 1.57. The van der Waals surface area contributed by atoms with Crippen molar-refractivity contribution in [2.24, 2.45) is 10.9 Å². The Hall–Kier alpha value is -2.44. The quantitative estimate of drug-likeness (QED) is 0.334. The monoisotopic (exact) mass is 468 g/mol. The third-order valence-corrected chi connectivity index (χ3v) is 8.36. The zero-order valence-corrected chi connectivity index (χ0v) is 20.8. The summed E-state index contributed by atoms with van der Waals surface area (Å²) in [5.74, 6) is 0.369. The van der Waals surface area contributed by atoms with E-state index >= 15 is 0 Å². The molecule has 0 saturated heterocycles. The van der Waals surface area contributed by atoms with Crippen molar-refractivity contribution in [3.05, 3.63) is 23.9 Å². The molecular weight excluding hydrogens is 435 g/mol. The van der Waals surface area contributed by atoms with Crippen LogP contribution in [0.25, 0.3) is 11.3 Å². The molecule has 1 saturated carbocycles. The lowest BCUT2D eigenvalue weighted by Crippen LogP contribution is -2.22. The van der Waals surface area contributed by atoms with Crippen LogP contribution in [0, 0.1) is 17.2 Å². The first-order valence-corrected chi connectivity index (χ1v) is 15.6. The number of aliphatic imine (C=N–C) groups is 1. The van der Waals surface area contributed by atoms with E-state index in [0.29, 0.717) is 41.6 Å². The number of halogens is 1. The van der Waals surface area contributed by atoms with Crippen molar-refractivity contribution in [1.29, 1.82) is 5.26 Å². The van der Waals surface area contributed by atoms with Gasteiger partial charge in [0, 0.05) is 32.7 Å². The Kier molecular flexibility index (Phi) is 7.34. The SMILES string of the molecule is C[Si](C)(C)CCOCC1C=Nc2c(-c3cn(C(CC#N)C4CCCC4)nc3CF)ncnc21. The number of hydrogen-bond acceptors (Lipinski definition) is 6. The van der Waals surface area contributed by atoms with Crippen LogP contribution in [-0.2, 0) is 11.4 Å². The number of ether oxygens (including phenoxy) is 1. The fraction of sp³-hybridized carbons (Fsp3) is 0.625. The molecule has 0 spiro atoms. The van der Waals surface area contributed by atoms with Gasteiger partial charge in [-0.1, -0.05) is 32.5 Å². The third kappa shape index (κ3) is 5.39. The molecule has 3 heterocycles. The van der Waals surface area contributed by atoms with E-state index in [4.69, 9.17) is 4.74 Å². The lowest BCUT2D eigenvalue weighted by Gasteiger charge is -2.21. The predicted molar refractivity (Wildman–Crippen MR) is 129 cm³/mol. The minimum Gasteiger partial charge on any atom is -0.381 e. The van der Waals surface area contributed by atoms with Crippen LogP contribution < -0.4 is 0 Å². The van der Waals surface area contributed by atoms with Crippen molar-refractivity contribution in [2.45, 2.75) is 76.4 Å². The van der Waals surface area contributed by atoms with E-state index in [2.05, 4.69) is 45.8 Å². The molecule has 2 aromatic rings. The molecule has 9 heteroatoms. The first-order valence-electron chi connectivity index (χ1n) is 11.9. The highest BCUT2D eigenvalue weighted by molar-refractivity contribution is 6.76. The molecule has 0 radical (unpaired) electrons. The molecule has 33 heavy (non-hydrogen) atoms. The highest BCUT2D eigenvalue weighted by Gasteiger charge is 2.30. The van der Waals surface area contributed by atoms with Gasteiger partial charge < -0.3 is 4.74 Å². The fourth-order valence-corrected chi connectivity index (χ4v) is 5.50. The van der Waals surface area contributed by atoms with Gasteiger partial charge in [0.2, 0.25) is 0 Å². The van der Waals surface area contributed by atoms with E-state index < -0.39 is 14.7 Å². The number of alkyl halides is 1. The normalized spacial score (nSPS) is 19.1. The Morgan fingerprint density at radius 3 is 2.76 bits per heavy atom. The molecular formula is C24H33FN6OSi. The van der Waals surface area contributed by atoms with Crippen LogP contribution in [0.1, 0.15) is 55.5 Å². The predicted octanol–water partition coefficient (Wildman–Crippen LogP) is 5.61. The maximum atomic E-state index is 14.0. The maximum absolute atomic E-state index is 14.0. The Bertz CT molecular complexity index is 1030. The average Bonchev–Trinajstić information content (AvgIpc) is 3.54. The van der Waals surface area contributed by atoms with Crippen LogP contribution in [-0.4, -0.2) is 47.3 Å².